The molecule has 2 aromatic rings. The molecule has 0 spiro atoms. The Morgan fingerprint density at radius 1 is 1.23 bits per heavy atom. The second-order valence-electron chi connectivity index (χ2n) is 4.52. The van der Waals surface area contributed by atoms with Crippen LogP contribution in [0, 0.1) is 11.5 Å². The molecule has 0 bridgehead atoms. The fourth-order valence-electron chi connectivity index (χ4n) is 1.85. The lowest BCUT2D eigenvalue weighted by atomic mass is 10.1. The minimum atomic E-state index is -2.73. The molecule has 1 unspecified atom stereocenters. The Bertz CT molecular complexity index is 819. The Kier molecular flexibility index (Phi) is 5.24. The summed E-state index contributed by atoms with van der Waals surface area (Å²) in [5.74, 6) is 0. The van der Waals surface area contributed by atoms with Crippen molar-refractivity contribution in [3.8, 4) is 6.19 Å². The van der Waals surface area contributed by atoms with Crippen molar-refractivity contribution in [1.82, 2.24) is 14.7 Å². The van der Waals surface area contributed by atoms with E-state index in [4.69, 9.17) is 28.5 Å². The maximum atomic E-state index is 12.8. The average molecular weight is 355 g/mol. The SMILES string of the molecule is CS(=O)(NC#N)=C(Cc1ccc(Cl)nc1)c1ccc(Cl)nc1. The molecule has 0 saturated carbocycles. The van der Waals surface area contributed by atoms with Gasteiger partial charge in [-0.1, -0.05) is 29.3 Å². The molecule has 0 aliphatic carbocycles. The lowest BCUT2D eigenvalue weighted by molar-refractivity contribution is 0.681. The number of nitriles is 1. The molecule has 0 aliphatic heterocycles. The molecule has 0 radical (unpaired) electrons. The zero-order valence-electron chi connectivity index (χ0n) is 11.6. The maximum absolute atomic E-state index is 12.8. The molecule has 1 atom stereocenters. The Hall–Kier alpha value is -1.81. The van der Waals surface area contributed by atoms with Crippen LogP contribution in [0.25, 0.3) is 0 Å². The van der Waals surface area contributed by atoms with Crippen LogP contribution in [-0.2, 0) is 16.1 Å². The molecule has 1 N–H and O–H groups in total. The van der Waals surface area contributed by atoms with Crippen LogP contribution < -0.4 is 4.72 Å². The Morgan fingerprint density at radius 2 is 1.86 bits per heavy atom. The highest BCUT2D eigenvalue weighted by Gasteiger charge is 2.14. The first-order valence-electron chi connectivity index (χ1n) is 6.15. The van der Waals surface area contributed by atoms with Gasteiger partial charge in [-0.05, 0) is 23.8 Å². The summed E-state index contributed by atoms with van der Waals surface area (Å²) in [5.41, 5.74) is 1.47. The highest BCUT2D eigenvalue weighted by Crippen LogP contribution is 2.13. The third-order valence-electron chi connectivity index (χ3n) is 2.91. The van der Waals surface area contributed by atoms with Crippen LogP contribution in [0.4, 0.5) is 0 Å². The van der Waals surface area contributed by atoms with Crippen molar-refractivity contribution in [3.05, 3.63) is 58.1 Å². The second-order valence-corrected chi connectivity index (χ2v) is 7.67. The van der Waals surface area contributed by atoms with Crippen LogP contribution in [0.3, 0.4) is 0 Å². The summed E-state index contributed by atoms with van der Waals surface area (Å²) >= 11 is 11.6. The predicted molar refractivity (Wildman–Crippen MR) is 89.1 cm³/mol. The van der Waals surface area contributed by atoms with E-state index in [2.05, 4.69) is 14.7 Å². The van der Waals surface area contributed by atoms with Gasteiger partial charge < -0.3 is 0 Å². The number of aromatic nitrogens is 2. The van der Waals surface area contributed by atoms with E-state index in [0.29, 0.717) is 27.2 Å². The van der Waals surface area contributed by atoms with Gasteiger partial charge in [0.2, 0.25) is 0 Å². The second kappa shape index (κ2) is 6.97. The van der Waals surface area contributed by atoms with Crippen LogP contribution in [0.5, 0.6) is 0 Å². The van der Waals surface area contributed by atoms with E-state index in [9.17, 15) is 4.21 Å². The lowest BCUT2D eigenvalue weighted by Gasteiger charge is -2.13. The summed E-state index contributed by atoms with van der Waals surface area (Å²) in [5, 5.41) is 9.54. The zero-order valence-corrected chi connectivity index (χ0v) is 13.9. The highest BCUT2D eigenvalue weighted by atomic mass is 35.5. The fraction of sp³-hybridized carbons (Fsp3) is 0.143. The zero-order chi connectivity index (χ0) is 16.2. The van der Waals surface area contributed by atoms with Crippen molar-refractivity contribution in [2.24, 2.45) is 0 Å². The molecule has 0 amide bonds. The van der Waals surface area contributed by atoms with Gasteiger partial charge in [0, 0.05) is 35.5 Å². The van der Waals surface area contributed by atoms with Gasteiger partial charge in [-0.15, -0.1) is 0 Å². The molecule has 0 fully saturated rings. The van der Waals surface area contributed by atoms with E-state index in [1.807, 2.05) is 0 Å². The smallest absolute Gasteiger partial charge is 0.188 e. The van der Waals surface area contributed by atoms with Gasteiger partial charge in [-0.2, -0.15) is 5.26 Å². The number of rotatable bonds is 4. The molecule has 8 heteroatoms. The molecule has 0 aliphatic rings. The van der Waals surface area contributed by atoms with E-state index in [0.717, 1.165) is 5.56 Å². The van der Waals surface area contributed by atoms with Crippen molar-refractivity contribution in [1.29, 1.82) is 5.26 Å². The average Bonchev–Trinajstić information content (AvgIpc) is 2.47. The quantitative estimate of drug-likeness (QED) is 0.300. The van der Waals surface area contributed by atoms with Crippen molar-refractivity contribution in [2.45, 2.75) is 6.42 Å². The van der Waals surface area contributed by atoms with Crippen molar-refractivity contribution >= 4 is 37.8 Å². The molecule has 2 aromatic heterocycles. The number of nitrogens with one attached hydrogen (secondary N) is 1. The summed E-state index contributed by atoms with van der Waals surface area (Å²) < 4.78 is 15.1. The van der Waals surface area contributed by atoms with Crippen molar-refractivity contribution in [3.63, 3.8) is 0 Å². The molecular formula is C14H12Cl2N4OS. The predicted octanol–water partition coefficient (Wildman–Crippen LogP) is 2.45. The van der Waals surface area contributed by atoms with Gasteiger partial charge in [0.05, 0.1) is 9.71 Å². The van der Waals surface area contributed by atoms with Gasteiger partial charge in [0.15, 0.2) is 6.19 Å². The lowest BCUT2D eigenvalue weighted by Crippen LogP contribution is -2.27. The number of halogens is 2. The third kappa shape index (κ3) is 4.10. The largest absolute Gasteiger partial charge is 0.249 e. The normalized spacial score (nSPS) is 13.0. The highest BCUT2D eigenvalue weighted by molar-refractivity contribution is 8.00. The van der Waals surface area contributed by atoms with Crippen molar-refractivity contribution in [2.75, 3.05) is 6.26 Å². The monoisotopic (exact) mass is 354 g/mol. The Balaban J connectivity index is 2.52. The van der Waals surface area contributed by atoms with Crippen molar-refractivity contribution < 1.29 is 4.21 Å². The molecule has 114 valence electrons. The summed E-state index contributed by atoms with van der Waals surface area (Å²) in [4.78, 5) is 8.55. The van der Waals surface area contributed by atoms with Gasteiger partial charge in [-0.25, -0.2) is 18.9 Å². The summed E-state index contributed by atoms with van der Waals surface area (Å²) in [6, 6.07) is 6.78. The molecule has 2 heterocycles. The number of hydrogen-bond donors (Lipinski definition) is 1. The number of nitrogens with zero attached hydrogens (tertiary/aromatic N) is 3. The van der Waals surface area contributed by atoms with E-state index in [1.54, 1.807) is 36.7 Å². The summed E-state index contributed by atoms with van der Waals surface area (Å²) in [6.45, 7) is 0. The Morgan fingerprint density at radius 3 is 2.36 bits per heavy atom. The van der Waals surface area contributed by atoms with Gasteiger partial charge in [-0.3, -0.25) is 0 Å². The van der Waals surface area contributed by atoms with Crippen LogP contribution in [0.1, 0.15) is 11.1 Å². The summed E-state index contributed by atoms with van der Waals surface area (Å²) in [7, 11) is -2.73. The van der Waals surface area contributed by atoms with E-state index in [1.165, 1.54) is 12.5 Å². The Labute approximate surface area is 139 Å². The molecular weight excluding hydrogens is 343 g/mol. The van der Waals surface area contributed by atoms with Crippen LogP contribution in [0.2, 0.25) is 10.3 Å². The molecule has 0 aromatic carbocycles. The third-order valence-corrected chi connectivity index (χ3v) is 5.16. The molecule has 22 heavy (non-hydrogen) atoms. The minimum Gasteiger partial charge on any atom is -0.249 e. The fourth-order valence-corrected chi connectivity index (χ4v) is 3.38. The summed E-state index contributed by atoms with van der Waals surface area (Å²) in [6.07, 6.45) is 6.69. The van der Waals surface area contributed by atoms with Gasteiger partial charge >= 0.3 is 0 Å². The molecule has 2 rings (SSSR count). The number of hydrogen-bond acceptors (Lipinski definition) is 4. The maximum Gasteiger partial charge on any atom is 0.188 e. The van der Waals surface area contributed by atoms with E-state index >= 15 is 0 Å². The standard InChI is InChI=1S/C14H12Cl2N4OS/c1-22(21,20-9-17)12(11-3-5-14(16)19-8-11)6-10-2-4-13(15)18-7-10/h2-5,7-8H,6H2,1H3,(H,20,21). The van der Waals surface area contributed by atoms with Crippen LogP contribution >= 0.6 is 23.2 Å². The first-order valence-corrected chi connectivity index (χ1v) is 8.88. The topological polar surface area (TPSA) is 78.7 Å². The van der Waals surface area contributed by atoms with Crippen LogP contribution in [0.15, 0.2) is 36.7 Å². The first kappa shape index (κ1) is 16.6. The number of pyridine rings is 2. The van der Waals surface area contributed by atoms with E-state index < -0.39 is 9.71 Å². The van der Waals surface area contributed by atoms with E-state index in [-0.39, 0.29) is 0 Å². The first-order chi connectivity index (χ1) is 10.4. The molecule has 5 nitrogen and oxygen atoms in total. The minimum absolute atomic E-state index is 0.340. The molecule has 0 saturated heterocycles. The van der Waals surface area contributed by atoms with Gasteiger partial charge in [0.25, 0.3) is 0 Å². The van der Waals surface area contributed by atoms with Gasteiger partial charge in [0.1, 0.15) is 10.3 Å². The van der Waals surface area contributed by atoms with Crippen LogP contribution in [-0.4, -0.2) is 25.3 Å².